The van der Waals surface area contributed by atoms with Crippen molar-refractivity contribution in [1.82, 2.24) is 15.2 Å². The topological polar surface area (TPSA) is 41.6 Å². The summed E-state index contributed by atoms with van der Waals surface area (Å²) in [5, 5.41) is 8.34. The van der Waals surface area contributed by atoms with E-state index in [1.165, 1.54) is 0 Å². The molecule has 0 aliphatic rings. The zero-order chi connectivity index (χ0) is 6.10. The van der Waals surface area contributed by atoms with Crippen molar-refractivity contribution in [1.29, 1.82) is 0 Å². The second-order valence-corrected chi connectivity index (χ2v) is 1.75. The number of aromatic amines is 1. The third kappa shape index (κ3) is 0.579. The molecule has 0 saturated carbocycles. The van der Waals surface area contributed by atoms with Crippen LogP contribution in [0.1, 0.15) is 0 Å². The molecule has 0 bridgehead atoms. The van der Waals surface area contributed by atoms with Crippen LogP contribution in [0.3, 0.4) is 0 Å². The molecule has 0 aliphatic carbocycles. The molecule has 0 saturated heterocycles. The zero-order valence-electron chi connectivity index (χ0n) is 4.63. The quantitative estimate of drug-likeness (QED) is 0.554. The number of nitrogens with zero attached hydrogens (tertiary/aromatic N) is 2. The first-order valence-electron chi connectivity index (χ1n) is 2.62. The Labute approximate surface area is 51.7 Å². The fourth-order valence-corrected chi connectivity index (χ4v) is 0.743. The molecule has 2 aromatic rings. The molecule has 9 heavy (non-hydrogen) atoms. The fraction of sp³-hybridized carbons (Fsp3) is 0. The molecular formula is C6H4N3. The van der Waals surface area contributed by atoms with Crippen LogP contribution in [0, 0.1) is 6.07 Å². The maximum atomic E-state index is 3.68. The predicted octanol–water partition coefficient (Wildman–Crippen LogP) is 0.758. The van der Waals surface area contributed by atoms with Gasteiger partial charge in [0, 0.05) is 17.6 Å². The number of H-pyrrole nitrogens is 1. The van der Waals surface area contributed by atoms with E-state index in [4.69, 9.17) is 0 Å². The van der Waals surface area contributed by atoms with E-state index >= 15 is 0 Å². The van der Waals surface area contributed by atoms with Crippen molar-refractivity contribution in [2.24, 2.45) is 0 Å². The first-order chi connectivity index (χ1) is 4.47. The van der Waals surface area contributed by atoms with Crippen molar-refractivity contribution in [3.05, 3.63) is 24.7 Å². The van der Waals surface area contributed by atoms with Gasteiger partial charge in [-0.05, 0) is 0 Å². The third-order valence-corrected chi connectivity index (χ3v) is 1.19. The highest BCUT2D eigenvalue weighted by Crippen LogP contribution is 2.04. The minimum absolute atomic E-state index is 0.977. The lowest BCUT2D eigenvalue weighted by Gasteiger charge is -1.81. The van der Waals surface area contributed by atoms with E-state index in [2.05, 4.69) is 21.2 Å². The van der Waals surface area contributed by atoms with Crippen LogP contribution >= 0.6 is 0 Å². The van der Waals surface area contributed by atoms with Gasteiger partial charge in [-0.25, -0.2) is 0 Å². The van der Waals surface area contributed by atoms with Gasteiger partial charge in [-0.15, -0.1) is 0 Å². The monoisotopic (exact) mass is 118 g/mol. The van der Waals surface area contributed by atoms with Crippen LogP contribution in [0.25, 0.3) is 10.9 Å². The van der Waals surface area contributed by atoms with Crippen LogP contribution in [0.5, 0.6) is 0 Å². The smallest absolute Gasteiger partial charge is 0.0737 e. The summed E-state index contributed by atoms with van der Waals surface area (Å²) in [6, 6.07) is 2.96. The molecule has 2 rings (SSSR count). The number of nitrogens with one attached hydrogen (secondary N) is 1. The Morgan fingerprint density at radius 2 is 2.22 bits per heavy atom. The van der Waals surface area contributed by atoms with Crippen molar-refractivity contribution in [3.8, 4) is 0 Å². The molecule has 0 atom stereocenters. The summed E-state index contributed by atoms with van der Waals surface area (Å²) in [4.78, 5) is 2.96. The standard InChI is InChI=1S/C6H4N3/c1-2-7-6-4-9-8-3-5(1)6/h2-4,7H. The number of fused-ring (bicyclic) bond motifs is 1. The lowest BCUT2D eigenvalue weighted by Crippen LogP contribution is -1.75. The van der Waals surface area contributed by atoms with Gasteiger partial charge in [0.05, 0.1) is 17.9 Å². The molecule has 1 N–H and O–H groups in total. The Kier molecular flexibility index (Phi) is 0.773. The van der Waals surface area contributed by atoms with Crippen molar-refractivity contribution in [2.45, 2.75) is 0 Å². The molecule has 43 valence electrons. The van der Waals surface area contributed by atoms with E-state index in [0.29, 0.717) is 0 Å². The van der Waals surface area contributed by atoms with Gasteiger partial charge in [-0.2, -0.15) is 10.2 Å². The summed E-state index contributed by atoms with van der Waals surface area (Å²) in [7, 11) is 0. The van der Waals surface area contributed by atoms with Gasteiger partial charge in [0.2, 0.25) is 0 Å². The van der Waals surface area contributed by atoms with Gasteiger partial charge < -0.3 is 4.98 Å². The summed E-state index contributed by atoms with van der Waals surface area (Å²) in [6.07, 6.45) is 5.09. The number of rotatable bonds is 0. The van der Waals surface area contributed by atoms with Crippen LogP contribution < -0.4 is 0 Å². The Bertz CT molecular complexity index is 282. The van der Waals surface area contributed by atoms with Crippen molar-refractivity contribution >= 4 is 10.9 Å². The van der Waals surface area contributed by atoms with E-state index in [1.54, 1.807) is 18.6 Å². The second kappa shape index (κ2) is 1.55. The Balaban J connectivity index is 2.95. The normalized spacial score (nSPS) is 10.2. The van der Waals surface area contributed by atoms with Gasteiger partial charge in [0.1, 0.15) is 0 Å². The lowest BCUT2D eigenvalue weighted by atomic mass is 10.4. The van der Waals surface area contributed by atoms with Crippen LogP contribution in [-0.2, 0) is 0 Å². The van der Waals surface area contributed by atoms with E-state index in [1.807, 2.05) is 0 Å². The van der Waals surface area contributed by atoms with E-state index in [9.17, 15) is 0 Å². The van der Waals surface area contributed by atoms with E-state index < -0.39 is 0 Å². The highest BCUT2D eigenvalue weighted by atomic mass is 15.1. The first-order valence-corrected chi connectivity index (χ1v) is 2.62. The molecule has 3 nitrogen and oxygen atoms in total. The highest BCUT2D eigenvalue weighted by Gasteiger charge is 1.89. The predicted molar refractivity (Wildman–Crippen MR) is 32.7 cm³/mol. The van der Waals surface area contributed by atoms with E-state index in [-0.39, 0.29) is 0 Å². The number of aromatic nitrogens is 3. The van der Waals surface area contributed by atoms with Gasteiger partial charge in [-0.3, -0.25) is 0 Å². The maximum Gasteiger partial charge on any atom is 0.0737 e. The van der Waals surface area contributed by atoms with Crippen LogP contribution in [-0.4, -0.2) is 15.2 Å². The molecule has 0 spiro atoms. The summed E-state index contributed by atoms with van der Waals surface area (Å²) in [6.45, 7) is 0. The minimum Gasteiger partial charge on any atom is -0.359 e. The molecule has 2 aromatic heterocycles. The molecule has 0 unspecified atom stereocenters. The largest absolute Gasteiger partial charge is 0.359 e. The molecule has 3 heteroatoms. The third-order valence-electron chi connectivity index (χ3n) is 1.19. The fourth-order valence-electron chi connectivity index (χ4n) is 0.743. The Hall–Kier alpha value is -1.38. The minimum atomic E-state index is 0.977. The summed E-state index contributed by atoms with van der Waals surface area (Å²) in [5.74, 6) is 0. The molecule has 1 radical (unpaired) electrons. The average Bonchev–Trinajstić information content (AvgIpc) is 2.33. The molecule has 0 fully saturated rings. The van der Waals surface area contributed by atoms with Gasteiger partial charge >= 0.3 is 0 Å². The Morgan fingerprint density at radius 3 is 3.11 bits per heavy atom. The maximum absolute atomic E-state index is 3.68. The average molecular weight is 118 g/mol. The first kappa shape index (κ1) is 4.49. The van der Waals surface area contributed by atoms with E-state index in [0.717, 1.165) is 10.9 Å². The van der Waals surface area contributed by atoms with Crippen LogP contribution in [0.2, 0.25) is 0 Å². The summed E-state index contributed by atoms with van der Waals surface area (Å²) < 4.78 is 0. The van der Waals surface area contributed by atoms with Crippen molar-refractivity contribution < 1.29 is 0 Å². The van der Waals surface area contributed by atoms with Gasteiger partial charge in [0.15, 0.2) is 0 Å². The van der Waals surface area contributed by atoms with Crippen LogP contribution in [0.15, 0.2) is 18.6 Å². The second-order valence-electron chi connectivity index (χ2n) is 1.75. The lowest BCUT2D eigenvalue weighted by molar-refractivity contribution is 1.05. The summed E-state index contributed by atoms with van der Waals surface area (Å²) in [5.41, 5.74) is 0.977. The SMILES string of the molecule is [c]1c[nH]c2cnncc12. The Morgan fingerprint density at radius 1 is 1.33 bits per heavy atom. The molecule has 2 heterocycles. The number of hydrogen-bond donors (Lipinski definition) is 1. The molecular weight excluding hydrogens is 114 g/mol. The molecule has 0 aliphatic heterocycles. The van der Waals surface area contributed by atoms with Crippen molar-refractivity contribution in [3.63, 3.8) is 0 Å². The van der Waals surface area contributed by atoms with Gasteiger partial charge in [0.25, 0.3) is 0 Å². The zero-order valence-corrected chi connectivity index (χ0v) is 4.63. The summed E-state index contributed by atoms with van der Waals surface area (Å²) >= 11 is 0. The molecule has 0 amide bonds. The van der Waals surface area contributed by atoms with Gasteiger partial charge in [-0.1, -0.05) is 0 Å². The van der Waals surface area contributed by atoms with Crippen molar-refractivity contribution in [2.75, 3.05) is 0 Å². The number of hydrogen-bond acceptors (Lipinski definition) is 2. The van der Waals surface area contributed by atoms with Crippen LogP contribution in [0.4, 0.5) is 0 Å². The molecule has 0 aromatic carbocycles. The highest BCUT2D eigenvalue weighted by molar-refractivity contribution is 5.75.